The third-order valence-corrected chi connectivity index (χ3v) is 8.08. The molecule has 2 N–H and O–H groups in total. The first-order valence-corrected chi connectivity index (χ1v) is 13.1. The highest BCUT2D eigenvalue weighted by molar-refractivity contribution is 7.89. The van der Waals surface area contributed by atoms with Crippen LogP contribution in [0, 0.1) is 5.82 Å². The number of H-pyrrole nitrogens is 2. The third-order valence-electron chi connectivity index (χ3n) is 6.13. The monoisotopic (exact) mass is 499 g/mol. The van der Waals surface area contributed by atoms with Gasteiger partial charge in [0.1, 0.15) is 11.6 Å². The second kappa shape index (κ2) is 9.76. The fourth-order valence-electron chi connectivity index (χ4n) is 4.27. The number of rotatable bonds is 8. The van der Waals surface area contributed by atoms with E-state index in [0.717, 1.165) is 16.5 Å². The molecular formula is C24H26FN5O4S. The van der Waals surface area contributed by atoms with E-state index in [1.165, 1.54) is 12.1 Å². The first-order chi connectivity index (χ1) is 16.9. The van der Waals surface area contributed by atoms with Crippen LogP contribution in [0.2, 0.25) is 0 Å². The maximum absolute atomic E-state index is 13.1. The number of sulfonamides is 1. The minimum atomic E-state index is -3.37. The highest BCUT2D eigenvalue weighted by Crippen LogP contribution is 2.22. The van der Waals surface area contributed by atoms with Crippen LogP contribution in [0.1, 0.15) is 12.0 Å². The van der Waals surface area contributed by atoms with E-state index in [4.69, 9.17) is 4.74 Å². The molecule has 11 heteroatoms. The van der Waals surface area contributed by atoms with Gasteiger partial charge in [-0.3, -0.25) is 9.88 Å². The Bertz CT molecular complexity index is 1490. The number of piperazine rings is 1. The predicted octanol–water partition coefficient (Wildman–Crippen LogP) is 2.46. The van der Waals surface area contributed by atoms with Gasteiger partial charge in [-0.05, 0) is 48.4 Å². The summed E-state index contributed by atoms with van der Waals surface area (Å²) in [6.45, 7) is 3.10. The van der Waals surface area contributed by atoms with Crippen LogP contribution in [0.3, 0.4) is 0 Å². The molecule has 0 bridgehead atoms. The Labute approximate surface area is 201 Å². The van der Waals surface area contributed by atoms with Crippen molar-refractivity contribution < 1.29 is 17.5 Å². The summed E-state index contributed by atoms with van der Waals surface area (Å²) in [6.07, 6.45) is 0.374. The van der Waals surface area contributed by atoms with Gasteiger partial charge in [-0.2, -0.15) is 4.31 Å². The largest absolute Gasteiger partial charge is 0.494 e. The molecule has 5 rings (SSSR count). The maximum Gasteiger partial charge on any atom is 0.325 e. The summed E-state index contributed by atoms with van der Waals surface area (Å²) >= 11 is 0. The standard InChI is InChI=1S/C24H26FN5O4S/c25-19-4-2-17(3-5-19)16-29-8-10-30(11-9-29)35(32,33)13-1-12-34-20-6-7-21-18(14-20)15-22-23(26-21)28-24(31)27-22/h2-7,14-15H,1,8-13,16H2,(H2,26,27,28,31). The molecule has 0 aliphatic carbocycles. The molecule has 3 heterocycles. The van der Waals surface area contributed by atoms with Gasteiger partial charge in [0.2, 0.25) is 10.0 Å². The van der Waals surface area contributed by atoms with E-state index in [-0.39, 0.29) is 23.9 Å². The lowest BCUT2D eigenvalue weighted by atomic mass is 10.2. The minimum Gasteiger partial charge on any atom is -0.494 e. The van der Waals surface area contributed by atoms with Gasteiger partial charge in [-0.1, -0.05) is 12.1 Å². The number of imidazole rings is 1. The van der Waals surface area contributed by atoms with Crippen LogP contribution >= 0.6 is 0 Å². The van der Waals surface area contributed by atoms with E-state index in [2.05, 4.69) is 19.9 Å². The van der Waals surface area contributed by atoms with Gasteiger partial charge in [0.15, 0.2) is 5.65 Å². The van der Waals surface area contributed by atoms with Crippen molar-refractivity contribution in [1.82, 2.24) is 24.2 Å². The second-order valence-corrected chi connectivity index (χ2v) is 10.7. The normalized spacial score (nSPS) is 15.7. The Morgan fingerprint density at radius 2 is 1.77 bits per heavy atom. The zero-order chi connectivity index (χ0) is 24.4. The van der Waals surface area contributed by atoms with Crippen molar-refractivity contribution in [2.75, 3.05) is 38.5 Å². The van der Waals surface area contributed by atoms with Crippen LogP contribution in [-0.4, -0.2) is 71.1 Å². The van der Waals surface area contributed by atoms with Gasteiger partial charge in [0, 0.05) is 38.1 Å². The number of aromatic nitrogens is 3. The average Bonchev–Trinajstić information content (AvgIpc) is 3.21. The molecule has 0 radical (unpaired) electrons. The number of nitrogens with one attached hydrogen (secondary N) is 2. The fraction of sp³-hybridized carbons (Fsp3) is 0.333. The number of nitrogens with zero attached hydrogens (tertiary/aromatic N) is 3. The molecule has 0 spiro atoms. The maximum atomic E-state index is 13.1. The Hall–Kier alpha value is -3.28. The van der Waals surface area contributed by atoms with E-state index < -0.39 is 10.0 Å². The summed E-state index contributed by atoms with van der Waals surface area (Å²) in [5.74, 6) is 0.371. The first kappa shape index (κ1) is 23.5. The number of fused-ring (bicyclic) bond motifs is 2. The Morgan fingerprint density at radius 1 is 1.00 bits per heavy atom. The molecule has 1 saturated heterocycles. The molecule has 1 aliphatic rings. The molecule has 184 valence electrons. The summed E-state index contributed by atoms with van der Waals surface area (Å²) < 4.78 is 45.9. The number of halogens is 1. The van der Waals surface area contributed by atoms with Crippen molar-refractivity contribution >= 4 is 32.1 Å². The van der Waals surface area contributed by atoms with Gasteiger partial charge in [-0.25, -0.2) is 22.6 Å². The minimum absolute atomic E-state index is 0.0192. The molecule has 2 aromatic carbocycles. The Balaban J connectivity index is 1.10. The van der Waals surface area contributed by atoms with Crippen LogP contribution in [0.15, 0.2) is 53.3 Å². The molecule has 1 aliphatic heterocycles. The average molecular weight is 500 g/mol. The highest BCUT2D eigenvalue weighted by atomic mass is 32.2. The van der Waals surface area contributed by atoms with Crippen molar-refractivity contribution in [1.29, 1.82) is 0 Å². The zero-order valence-electron chi connectivity index (χ0n) is 19.0. The summed E-state index contributed by atoms with van der Waals surface area (Å²) in [7, 11) is -3.37. The lowest BCUT2D eigenvalue weighted by Gasteiger charge is -2.34. The highest BCUT2D eigenvalue weighted by Gasteiger charge is 2.26. The van der Waals surface area contributed by atoms with E-state index >= 15 is 0 Å². The smallest absolute Gasteiger partial charge is 0.325 e. The van der Waals surface area contributed by atoms with E-state index in [1.807, 2.05) is 12.1 Å². The topological polar surface area (TPSA) is 111 Å². The van der Waals surface area contributed by atoms with Gasteiger partial charge >= 0.3 is 5.69 Å². The quantitative estimate of drug-likeness (QED) is 0.360. The van der Waals surface area contributed by atoms with E-state index in [9.17, 15) is 17.6 Å². The molecule has 1 fully saturated rings. The van der Waals surface area contributed by atoms with Crippen LogP contribution in [0.5, 0.6) is 5.75 Å². The number of pyridine rings is 1. The Morgan fingerprint density at radius 3 is 2.54 bits per heavy atom. The lowest BCUT2D eigenvalue weighted by Crippen LogP contribution is -2.48. The molecule has 4 aromatic rings. The van der Waals surface area contributed by atoms with Crippen molar-refractivity contribution in [2.45, 2.75) is 13.0 Å². The molecule has 0 atom stereocenters. The van der Waals surface area contributed by atoms with Gasteiger partial charge in [-0.15, -0.1) is 0 Å². The second-order valence-electron chi connectivity index (χ2n) is 8.64. The predicted molar refractivity (Wildman–Crippen MR) is 131 cm³/mol. The number of hydrogen-bond donors (Lipinski definition) is 2. The van der Waals surface area contributed by atoms with Gasteiger partial charge < -0.3 is 9.72 Å². The summed E-state index contributed by atoms with van der Waals surface area (Å²) in [6, 6.07) is 13.6. The number of hydrogen-bond acceptors (Lipinski definition) is 6. The third kappa shape index (κ3) is 5.53. The molecule has 0 saturated carbocycles. The SMILES string of the molecule is O=c1[nH]c2cc3cc(OCCCS(=O)(=O)N4CCN(Cc5ccc(F)cc5)CC4)ccc3nc2[nH]1. The van der Waals surface area contributed by atoms with Gasteiger partial charge in [0.05, 0.1) is 23.4 Å². The van der Waals surface area contributed by atoms with Crippen molar-refractivity contribution in [3.8, 4) is 5.75 Å². The van der Waals surface area contributed by atoms with Crippen LogP contribution in [0.4, 0.5) is 4.39 Å². The molecular weight excluding hydrogens is 473 g/mol. The van der Waals surface area contributed by atoms with Crippen molar-refractivity contribution in [2.24, 2.45) is 0 Å². The van der Waals surface area contributed by atoms with E-state index in [0.29, 0.717) is 56.1 Å². The van der Waals surface area contributed by atoms with Crippen LogP contribution < -0.4 is 10.4 Å². The van der Waals surface area contributed by atoms with E-state index in [1.54, 1.807) is 28.6 Å². The number of aromatic amines is 2. The summed E-state index contributed by atoms with van der Waals surface area (Å²) in [5, 5.41) is 0.816. The summed E-state index contributed by atoms with van der Waals surface area (Å²) in [5.41, 5.74) is 2.53. The molecule has 9 nitrogen and oxygen atoms in total. The fourth-order valence-corrected chi connectivity index (χ4v) is 5.73. The van der Waals surface area contributed by atoms with Crippen LogP contribution in [0.25, 0.3) is 22.1 Å². The molecule has 2 aromatic heterocycles. The van der Waals surface area contributed by atoms with Crippen molar-refractivity contribution in [3.63, 3.8) is 0 Å². The van der Waals surface area contributed by atoms with Gasteiger partial charge in [0.25, 0.3) is 0 Å². The first-order valence-electron chi connectivity index (χ1n) is 11.5. The molecule has 0 amide bonds. The number of ether oxygens (including phenoxy) is 1. The Kier molecular flexibility index (Phi) is 6.54. The van der Waals surface area contributed by atoms with Crippen molar-refractivity contribution in [3.05, 3.63) is 70.4 Å². The van der Waals surface area contributed by atoms with Crippen LogP contribution in [-0.2, 0) is 16.6 Å². The molecule has 0 unspecified atom stereocenters. The molecule has 35 heavy (non-hydrogen) atoms. The number of benzene rings is 2. The zero-order valence-corrected chi connectivity index (χ0v) is 19.9. The summed E-state index contributed by atoms with van der Waals surface area (Å²) in [4.78, 5) is 23.4. The lowest BCUT2D eigenvalue weighted by molar-refractivity contribution is 0.181.